The first-order valence-corrected chi connectivity index (χ1v) is 12.3. The number of imidazole rings is 1. The van der Waals surface area contributed by atoms with Crippen molar-refractivity contribution < 1.29 is 36.0 Å². The van der Waals surface area contributed by atoms with Crippen molar-refractivity contribution in [1.82, 2.24) is 4.57 Å². The van der Waals surface area contributed by atoms with E-state index in [4.69, 9.17) is 14.2 Å². The van der Waals surface area contributed by atoms with Gasteiger partial charge in [0.05, 0.1) is 14.2 Å². The van der Waals surface area contributed by atoms with Crippen molar-refractivity contribution in [3.05, 3.63) is 54.4 Å². The molecule has 7 heteroatoms. The van der Waals surface area contributed by atoms with Gasteiger partial charge < -0.3 is 26.6 Å². The van der Waals surface area contributed by atoms with Crippen molar-refractivity contribution in [3.63, 3.8) is 0 Å². The number of methoxy groups -OCH3 is 1. The van der Waals surface area contributed by atoms with Gasteiger partial charge in [0.15, 0.2) is 35.7 Å². The Bertz CT molecular complexity index is 1140. The second-order valence-electron chi connectivity index (χ2n) is 9.84. The zero-order valence-corrected chi connectivity index (χ0v) is 22.1. The Balaban J connectivity index is 0.00000342. The van der Waals surface area contributed by atoms with Crippen LogP contribution in [-0.4, -0.2) is 23.8 Å². The van der Waals surface area contributed by atoms with Crippen LogP contribution in [0.5, 0.6) is 11.5 Å². The van der Waals surface area contributed by atoms with Gasteiger partial charge in [0.2, 0.25) is 0 Å². The first kappa shape index (κ1) is 26.9. The van der Waals surface area contributed by atoms with Gasteiger partial charge >= 0.3 is 5.97 Å². The summed E-state index contributed by atoms with van der Waals surface area (Å²) < 4.78 is 21.8. The molecule has 0 radical (unpaired) electrons. The number of aryl methyl sites for hydroxylation is 1. The number of carbonyl (C=O) groups excluding carboxylic acids is 1. The van der Waals surface area contributed by atoms with E-state index in [2.05, 4.69) is 31.4 Å². The Labute approximate surface area is 214 Å². The number of fused-ring (bicyclic) bond motifs is 1. The summed E-state index contributed by atoms with van der Waals surface area (Å²) in [6.45, 7) is 7.17. The Kier molecular flexibility index (Phi) is 9.06. The monoisotopic (exact) mass is 500 g/mol. The van der Waals surface area contributed by atoms with Gasteiger partial charge in [0.1, 0.15) is 6.10 Å². The third-order valence-corrected chi connectivity index (χ3v) is 7.19. The smallest absolute Gasteiger partial charge is 0.348 e. The molecule has 1 fully saturated rings. The van der Waals surface area contributed by atoms with Crippen LogP contribution in [0.1, 0.15) is 45.9 Å². The SMILES string of the molecule is COc1ccccc1OCc1n(CC(=O)OC2CC(C)CCC2C(C)C)c2ccccc2[n+]1C.[Cl-]. The molecule has 0 spiro atoms. The largest absolute Gasteiger partial charge is 1.00 e. The third-order valence-electron chi connectivity index (χ3n) is 7.19. The lowest BCUT2D eigenvalue weighted by Crippen LogP contribution is -3.00. The topological polar surface area (TPSA) is 53.6 Å². The summed E-state index contributed by atoms with van der Waals surface area (Å²) >= 11 is 0. The number of esters is 1. The molecule has 0 N–H and O–H groups in total. The van der Waals surface area contributed by atoms with E-state index in [-0.39, 0.29) is 31.0 Å². The van der Waals surface area contributed by atoms with Crippen LogP contribution < -0.4 is 26.4 Å². The van der Waals surface area contributed by atoms with E-state index in [1.807, 2.05) is 54.1 Å². The third kappa shape index (κ3) is 5.92. The number of benzene rings is 2. The summed E-state index contributed by atoms with van der Waals surface area (Å²) in [6, 6.07) is 15.7. The number of halogens is 1. The zero-order chi connectivity index (χ0) is 24.2. The second-order valence-corrected chi connectivity index (χ2v) is 9.84. The molecule has 3 aromatic rings. The van der Waals surface area contributed by atoms with Crippen molar-refractivity contribution in [2.75, 3.05) is 7.11 Å². The van der Waals surface area contributed by atoms with Gasteiger partial charge in [-0.15, -0.1) is 0 Å². The summed E-state index contributed by atoms with van der Waals surface area (Å²) in [5.74, 6) is 3.55. The van der Waals surface area contributed by atoms with Crippen LogP contribution in [0, 0.1) is 17.8 Å². The van der Waals surface area contributed by atoms with E-state index in [9.17, 15) is 4.79 Å². The predicted molar refractivity (Wildman–Crippen MR) is 132 cm³/mol. The summed E-state index contributed by atoms with van der Waals surface area (Å²) in [7, 11) is 3.63. The molecule has 1 aromatic heterocycles. The molecule has 190 valence electrons. The standard InChI is InChI=1S/C28H37N2O4.ClH/c1-19(2)21-15-14-20(3)16-26(21)34-28(31)17-30-23-11-7-6-10-22(23)29(4)27(30)18-33-25-13-9-8-12-24(25)32-5;/h6-13,19-21,26H,14-18H2,1-5H3;1H/q+1;/p-1. The van der Waals surface area contributed by atoms with Crippen LogP contribution in [-0.2, 0) is 29.7 Å². The van der Waals surface area contributed by atoms with E-state index >= 15 is 0 Å². The van der Waals surface area contributed by atoms with Gasteiger partial charge in [0, 0.05) is 0 Å². The molecule has 3 unspecified atom stereocenters. The molecule has 1 saturated carbocycles. The molecule has 1 heterocycles. The van der Waals surface area contributed by atoms with Crippen LogP contribution >= 0.6 is 0 Å². The van der Waals surface area contributed by atoms with E-state index in [0.717, 1.165) is 29.7 Å². The van der Waals surface area contributed by atoms with E-state index in [1.165, 1.54) is 6.42 Å². The Morgan fingerprint density at radius 2 is 1.77 bits per heavy atom. The molecule has 0 saturated heterocycles. The minimum Gasteiger partial charge on any atom is -1.00 e. The first-order chi connectivity index (χ1) is 16.4. The van der Waals surface area contributed by atoms with Gasteiger partial charge in [-0.25, -0.2) is 13.9 Å². The van der Waals surface area contributed by atoms with E-state index in [1.54, 1.807) is 7.11 Å². The van der Waals surface area contributed by atoms with Gasteiger partial charge in [-0.05, 0) is 54.9 Å². The number of rotatable bonds is 8. The number of hydrogen-bond acceptors (Lipinski definition) is 4. The fourth-order valence-electron chi connectivity index (χ4n) is 5.25. The number of nitrogens with zero attached hydrogens (tertiary/aromatic N) is 2. The maximum Gasteiger partial charge on any atom is 0.348 e. The van der Waals surface area contributed by atoms with Crippen LogP contribution in [0.2, 0.25) is 0 Å². The van der Waals surface area contributed by atoms with Crippen molar-refractivity contribution >= 4 is 17.0 Å². The summed E-state index contributed by atoms with van der Waals surface area (Å²) in [5.41, 5.74) is 2.03. The van der Waals surface area contributed by atoms with Crippen LogP contribution in [0.15, 0.2) is 48.5 Å². The highest BCUT2D eigenvalue weighted by Gasteiger charge is 2.34. The van der Waals surface area contributed by atoms with Gasteiger partial charge in [-0.3, -0.25) is 0 Å². The molecule has 35 heavy (non-hydrogen) atoms. The molecule has 2 aromatic carbocycles. The average Bonchev–Trinajstić information content (AvgIpc) is 3.08. The first-order valence-electron chi connectivity index (χ1n) is 12.3. The zero-order valence-electron chi connectivity index (χ0n) is 21.4. The van der Waals surface area contributed by atoms with Gasteiger partial charge in [-0.2, -0.15) is 0 Å². The maximum atomic E-state index is 13.2. The molecule has 0 aliphatic heterocycles. The second kappa shape index (κ2) is 11.8. The molecular formula is C28H37ClN2O4. The molecule has 6 nitrogen and oxygen atoms in total. The fourth-order valence-corrected chi connectivity index (χ4v) is 5.25. The quantitative estimate of drug-likeness (QED) is 0.351. The maximum absolute atomic E-state index is 13.2. The minimum atomic E-state index is -0.190. The number of para-hydroxylation sites is 4. The summed E-state index contributed by atoms with van der Waals surface area (Å²) in [5, 5.41) is 0. The fraction of sp³-hybridized carbons (Fsp3) is 0.500. The highest BCUT2D eigenvalue weighted by molar-refractivity contribution is 5.76. The molecule has 4 rings (SSSR count). The van der Waals surface area contributed by atoms with Crippen molar-refractivity contribution in [1.29, 1.82) is 0 Å². The average molecular weight is 501 g/mol. The Morgan fingerprint density at radius 3 is 2.49 bits per heavy atom. The van der Waals surface area contributed by atoms with Crippen molar-refractivity contribution in [2.24, 2.45) is 24.8 Å². The summed E-state index contributed by atoms with van der Waals surface area (Å²) in [6.07, 6.45) is 3.26. The molecule has 0 bridgehead atoms. The number of carbonyl (C=O) groups is 1. The molecule has 1 aliphatic rings. The summed E-state index contributed by atoms with van der Waals surface area (Å²) in [4.78, 5) is 13.2. The highest BCUT2D eigenvalue weighted by Crippen LogP contribution is 2.35. The van der Waals surface area contributed by atoms with Gasteiger partial charge in [-0.1, -0.05) is 51.5 Å². The van der Waals surface area contributed by atoms with Crippen LogP contribution in [0.3, 0.4) is 0 Å². The Hall–Kier alpha value is -2.73. The minimum absolute atomic E-state index is 0. The van der Waals surface area contributed by atoms with Crippen LogP contribution in [0.25, 0.3) is 11.0 Å². The molecular weight excluding hydrogens is 464 g/mol. The van der Waals surface area contributed by atoms with Crippen LogP contribution in [0.4, 0.5) is 0 Å². The van der Waals surface area contributed by atoms with E-state index < -0.39 is 0 Å². The van der Waals surface area contributed by atoms with Crippen molar-refractivity contribution in [2.45, 2.75) is 59.3 Å². The number of hydrogen-bond donors (Lipinski definition) is 0. The number of aromatic nitrogens is 2. The Morgan fingerprint density at radius 1 is 1.09 bits per heavy atom. The molecule has 0 amide bonds. The van der Waals surface area contributed by atoms with Crippen molar-refractivity contribution in [3.8, 4) is 11.5 Å². The lowest BCUT2D eigenvalue weighted by Gasteiger charge is -2.36. The lowest BCUT2D eigenvalue weighted by atomic mass is 9.75. The van der Waals surface area contributed by atoms with E-state index in [0.29, 0.717) is 35.9 Å². The number of ether oxygens (including phenoxy) is 3. The molecule has 3 atom stereocenters. The predicted octanol–water partition coefficient (Wildman–Crippen LogP) is 2.06. The molecule has 1 aliphatic carbocycles. The normalized spacial score (nSPS) is 19.9. The highest BCUT2D eigenvalue weighted by atomic mass is 35.5. The van der Waals surface area contributed by atoms with Gasteiger partial charge in [0.25, 0.3) is 5.82 Å². The lowest BCUT2D eigenvalue weighted by molar-refractivity contribution is -0.655.